The minimum absolute atomic E-state index is 0.0873. The van der Waals surface area contributed by atoms with E-state index in [4.69, 9.17) is 4.74 Å². The van der Waals surface area contributed by atoms with Crippen LogP contribution in [0, 0.1) is 0 Å². The quantitative estimate of drug-likeness (QED) is 0.390. The minimum Gasteiger partial charge on any atom is -0.493 e. The molecule has 1 aromatic carbocycles. The van der Waals surface area contributed by atoms with Crippen LogP contribution >= 0.6 is 23.5 Å². The van der Waals surface area contributed by atoms with E-state index in [-0.39, 0.29) is 5.56 Å². The number of H-pyrrole nitrogens is 1. The van der Waals surface area contributed by atoms with Gasteiger partial charge in [0, 0.05) is 17.6 Å². The van der Waals surface area contributed by atoms with Gasteiger partial charge in [-0.3, -0.25) is 4.79 Å². The van der Waals surface area contributed by atoms with Crippen molar-refractivity contribution in [3.8, 4) is 5.75 Å². The lowest BCUT2D eigenvalue weighted by atomic mass is 10.2. The average molecular weight is 365 g/mol. The predicted octanol–water partition coefficient (Wildman–Crippen LogP) is 4.15. The number of hydrogen-bond acceptors (Lipinski definition) is 5. The molecule has 4 nitrogen and oxygen atoms in total. The number of benzene rings is 1. The van der Waals surface area contributed by atoms with E-state index in [9.17, 15) is 4.79 Å². The molecule has 130 valence electrons. The third kappa shape index (κ3) is 6.61. The third-order valence-corrected chi connectivity index (χ3v) is 5.33. The number of nitrogens with one attached hydrogen (secondary N) is 1. The molecule has 1 heterocycles. The Balaban J connectivity index is 1.79. The van der Waals surface area contributed by atoms with Crippen LogP contribution in [-0.4, -0.2) is 28.1 Å². The Kier molecular flexibility index (Phi) is 8.25. The molecule has 0 saturated heterocycles. The van der Waals surface area contributed by atoms with E-state index in [1.54, 1.807) is 17.8 Å². The minimum atomic E-state index is -0.0873. The lowest BCUT2D eigenvalue weighted by Crippen LogP contribution is -2.10. The van der Waals surface area contributed by atoms with E-state index in [2.05, 4.69) is 35.9 Å². The number of ether oxygens (including phenoxy) is 1. The number of hydrogen-bond donors (Lipinski definition) is 1. The van der Waals surface area contributed by atoms with Crippen molar-refractivity contribution < 1.29 is 4.74 Å². The highest BCUT2D eigenvalue weighted by Gasteiger charge is 2.03. The second-order valence-electron chi connectivity index (χ2n) is 5.29. The molecule has 0 amide bonds. The normalized spacial score (nSPS) is 10.8. The van der Waals surface area contributed by atoms with Crippen LogP contribution in [0.15, 0.2) is 40.3 Å². The fourth-order valence-corrected chi connectivity index (χ4v) is 3.57. The van der Waals surface area contributed by atoms with Crippen LogP contribution in [-0.2, 0) is 12.2 Å². The summed E-state index contributed by atoms with van der Waals surface area (Å²) in [5, 5.41) is 0.666. The van der Waals surface area contributed by atoms with Crippen LogP contribution < -0.4 is 10.3 Å². The van der Waals surface area contributed by atoms with Crippen LogP contribution in [0.2, 0.25) is 0 Å². The van der Waals surface area contributed by atoms with Gasteiger partial charge in [-0.05, 0) is 36.3 Å². The molecule has 0 atom stereocenters. The first-order chi connectivity index (χ1) is 11.7. The number of thioether (sulfide) groups is 2. The van der Waals surface area contributed by atoms with Gasteiger partial charge in [0.25, 0.3) is 5.56 Å². The van der Waals surface area contributed by atoms with Crippen LogP contribution in [0.25, 0.3) is 0 Å². The fraction of sp³-hybridized carbons (Fsp3) is 0.444. The van der Waals surface area contributed by atoms with Crippen molar-refractivity contribution >= 4 is 23.5 Å². The Morgan fingerprint density at radius 2 is 1.96 bits per heavy atom. The van der Waals surface area contributed by atoms with Crippen LogP contribution in [0.4, 0.5) is 0 Å². The summed E-state index contributed by atoms with van der Waals surface area (Å²) in [5.74, 6) is 3.48. The van der Waals surface area contributed by atoms with Crippen LogP contribution in [0.3, 0.4) is 0 Å². The Labute approximate surface area is 151 Å². The molecule has 1 aromatic heterocycles. The largest absolute Gasteiger partial charge is 0.493 e. The first-order valence-corrected chi connectivity index (χ1v) is 10.4. The molecule has 0 saturated carbocycles. The summed E-state index contributed by atoms with van der Waals surface area (Å²) in [5.41, 5.74) is 2.06. The first-order valence-electron chi connectivity index (χ1n) is 8.23. The Bertz CT molecular complexity index is 671. The zero-order valence-corrected chi connectivity index (χ0v) is 15.8. The molecular formula is C18H24N2O2S2. The smallest absolute Gasteiger partial charge is 0.251 e. The highest BCUT2D eigenvalue weighted by atomic mass is 32.2. The molecule has 0 aliphatic heterocycles. The van der Waals surface area contributed by atoms with Gasteiger partial charge in [-0.1, -0.05) is 37.7 Å². The van der Waals surface area contributed by atoms with Gasteiger partial charge in [-0.15, -0.1) is 0 Å². The maximum atomic E-state index is 11.7. The molecule has 1 N–H and O–H groups in total. The molecule has 0 fully saturated rings. The number of nitrogens with zero attached hydrogens (tertiary/aromatic N) is 1. The molecule has 6 heteroatoms. The highest BCUT2D eigenvalue weighted by Crippen LogP contribution is 2.16. The van der Waals surface area contributed by atoms with Gasteiger partial charge in [-0.25, -0.2) is 4.98 Å². The van der Waals surface area contributed by atoms with Gasteiger partial charge >= 0.3 is 0 Å². The first kappa shape index (κ1) is 18.9. The Hall–Kier alpha value is -1.40. The van der Waals surface area contributed by atoms with E-state index in [1.807, 2.05) is 12.1 Å². The van der Waals surface area contributed by atoms with Crippen molar-refractivity contribution in [1.29, 1.82) is 0 Å². The van der Waals surface area contributed by atoms with E-state index >= 15 is 0 Å². The number of aryl methyl sites for hydroxylation is 1. The van der Waals surface area contributed by atoms with Crippen molar-refractivity contribution in [1.82, 2.24) is 9.97 Å². The number of aromatic nitrogens is 2. The summed E-state index contributed by atoms with van der Waals surface area (Å²) >= 11 is 3.32. The van der Waals surface area contributed by atoms with Gasteiger partial charge < -0.3 is 9.72 Å². The molecular weight excluding hydrogens is 340 g/mol. The third-order valence-electron chi connectivity index (χ3n) is 3.29. The molecule has 0 radical (unpaired) electrons. The molecule has 0 unspecified atom stereocenters. The lowest BCUT2D eigenvalue weighted by molar-refractivity contribution is 0.344. The molecule has 0 spiro atoms. The van der Waals surface area contributed by atoms with Crippen molar-refractivity contribution in [2.75, 3.05) is 18.1 Å². The molecule has 0 aliphatic carbocycles. The van der Waals surface area contributed by atoms with Gasteiger partial charge in [0.1, 0.15) is 5.75 Å². The zero-order valence-electron chi connectivity index (χ0n) is 14.2. The molecule has 24 heavy (non-hydrogen) atoms. The van der Waals surface area contributed by atoms with E-state index < -0.39 is 0 Å². The van der Waals surface area contributed by atoms with Crippen LogP contribution in [0.5, 0.6) is 5.75 Å². The lowest BCUT2D eigenvalue weighted by Gasteiger charge is -2.07. The zero-order chi connectivity index (χ0) is 17.2. The highest BCUT2D eigenvalue weighted by molar-refractivity contribution is 7.99. The summed E-state index contributed by atoms with van der Waals surface area (Å²) in [7, 11) is 0. The monoisotopic (exact) mass is 364 g/mol. The maximum absolute atomic E-state index is 11.7. The standard InChI is InChI=1S/C18H24N2O2S2/c1-3-10-23-13-15-12-17(21)20-18(19-15)24-11-9-22-16-7-5-14(4-2)6-8-16/h5-8,12H,3-4,9-11,13H2,1-2H3,(H,19,20,21). The fourth-order valence-electron chi connectivity index (χ4n) is 2.07. The molecule has 2 aromatic rings. The topological polar surface area (TPSA) is 55.0 Å². The maximum Gasteiger partial charge on any atom is 0.251 e. The van der Waals surface area contributed by atoms with E-state index in [0.717, 1.165) is 41.5 Å². The van der Waals surface area contributed by atoms with Crippen molar-refractivity contribution in [2.45, 2.75) is 37.6 Å². The Morgan fingerprint density at radius 1 is 1.17 bits per heavy atom. The number of aromatic amines is 1. The van der Waals surface area contributed by atoms with Gasteiger partial charge in [0.05, 0.1) is 12.3 Å². The number of rotatable bonds is 10. The van der Waals surface area contributed by atoms with Gasteiger partial charge in [-0.2, -0.15) is 11.8 Å². The summed E-state index contributed by atoms with van der Waals surface area (Å²) in [4.78, 5) is 19.0. The molecule has 2 rings (SSSR count). The SMILES string of the molecule is CCCSCc1cc(=O)[nH]c(SCCOc2ccc(CC)cc2)n1. The van der Waals surface area contributed by atoms with Crippen molar-refractivity contribution in [3.05, 3.63) is 51.9 Å². The second-order valence-corrected chi connectivity index (χ2v) is 7.48. The summed E-state index contributed by atoms with van der Waals surface area (Å²) < 4.78 is 5.72. The van der Waals surface area contributed by atoms with Gasteiger partial charge in [0.2, 0.25) is 0 Å². The van der Waals surface area contributed by atoms with Gasteiger partial charge in [0.15, 0.2) is 5.16 Å². The predicted molar refractivity (Wildman–Crippen MR) is 103 cm³/mol. The van der Waals surface area contributed by atoms with Crippen molar-refractivity contribution in [3.63, 3.8) is 0 Å². The molecule has 0 bridgehead atoms. The average Bonchev–Trinajstić information content (AvgIpc) is 2.59. The van der Waals surface area contributed by atoms with E-state index in [1.165, 1.54) is 17.3 Å². The van der Waals surface area contributed by atoms with Crippen LogP contribution in [0.1, 0.15) is 31.5 Å². The summed E-state index contributed by atoms with van der Waals surface area (Å²) in [6.07, 6.45) is 2.16. The molecule has 0 aliphatic rings. The summed E-state index contributed by atoms with van der Waals surface area (Å²) in [6.45, 7) is 4.86. The summed E-state index contributed by atoms with van der Waals surface area (Å²) in [6, 6.07) is 9.74. The Morgan fingerprint density at radius 3 is 2.67 bits per heavy atom. The van der Waals surface area contributed by atoms with E-state index in [0.29, 0.717) is 11.8 Å². The van der Waals surface area contributed by atoms with Crippen molar-refractivity contribution in [2.24, 2.45) is 0 Å². The second kappa shape index (κ2) is 10.5.